The average Bonchev–Trinajstić information content (AvgIpc) is 2.52. The molecule has 0 spiro atoms. The van der Waals surface area contributed by atoms with Crippen molar-refractivity contribution in [1.29, 1.82) is 0 Å². The molecule has 0 atom stereocenters. The summed E-state index contributed by atoms with van der Waals surface area (Å²) in [6.07, 6.45) is 0. The highest BCUT2D eigenvalue weighted by molar-refractivity contribution is 5.58. The van der Waals surface area contributed by atoms with Crippen molar-refractivity contribution >= 4 is 11.4 Å². The van der Waals surface area contributed by atoms with Crippen LogP contribution >= 0.6 is 0 Å². The van der Waals surface area contributed by atoms with Crippen LogP contribution in [-0.4, -0.2) is 27.3 Å². The largest absolute Gasteiger partial charge is 0.495 e. The summed E-state index contributed by atoms with van der Waals surface area (Å²) in [6.45, 7) is 1.58. The highest BCUT2D eigenvalue weighted by Gasteiger charge is 2.01. The molecule has 0 radical (unpaired) electrons. The minimum absolute atomic E-state index is 0.790. The van der Waals surface area contributed by atoms with Crippen molar-refractivity contribution in [3.63, 3.8) is 0 Å². The molecule has 4 heteroatoms. The molecule has 0 saturated heterocycles. The van der Waals surface area contributed by atoms with Crippen LogP contribution in [0.15, 0.2) is 48.5 Å². The number of para-hydroxylation sites is 4. The summed E-state index contributed by atoms with van der Waals surface area (Å²) >= 11 is 0. The second kappa shape index (κ2) is 7.28. The zero-order chi connectivity index (χ0) is 14.2. The molecule has 0 aliphatic carbocycles. The van der Waals surface area contributed by atoms with Crippen molar-refractivity contribution in [2.24, 2.45) is 0 Å². The van der Waals surface area contributed by atoms with E-state index in [1.54, 1.807) is 14.2 Å². The maximum atomic E-state index is 5.29. The Balaban J connectivity index is 1.84. The molecule has 2 aromatic rings. The Bertz CT molecular complexity index is 494. The van der Waals surface area contributed by atoms with Crippen LogP contribution in [0, 0.1) is 0 Å². The molecular formula is C16H20N2O2. The molecule has 2 N–H and O–H groups in total. The predicted molar refractivity (Wildman–Crippen MR) is 83.0 cm³/mol. The van der Waals surface area contributed by atoms with Gasteiger partial charge in [0.1, 0.15) is 11.5 Å². The lowest BCUT2D eigenvalue weighted by atomic mass is 10.3. The third kappa shape index (κ3) is 3.57. The Hall–Kier alpha value is -2.36. The molecule has 0 bridgehead atoms. The van der Waals surface area contributed by atoms with E-state index in [0.717, 1.165) is 36.0 Å². The molecule has 4 nitrogen and oxygen atoms in total. The summed E-state index contributed by atoms with van der Waals surface area (Å²) in [5.74, 6) is 1.70. The van der Waals surface area contributed by atoms with Crippen molar-refractivity contribution in [1.82, 2.24) is 0 Å². The quantitative estimate of drug-likeness (QED) is 0.759. The number of nitrogens with one attached hydrogen (secondary N) is 2. The highest BCUT2D eigenvalue weighted by Crippen LogP contribution is 2.24. The smallest absolute Gasteiger partial charge is 0.141 e. The Morgan fingerprint density at radius 2 is 1.10 bits per heavy atom. The predicted octanol–water partition coefficient (Wildman–Crippen LogP) is 3.23. The molecule has 0 heterocycles. The normalized spacial score (nSPS) is 9.90. The molecule has 0 fully saturated rings. The first-order valence-corrected chi connectivity index (χ1v) is 6.59. The first kappa shape index (κ1) is 14.1. The van der Waals surface area contributed by atoms with E-state index >= 15 is 0 Å². The van der Waals surface area contributed by atoms with E-state index in [2.05, 4.69) is 10.6 Å². The van der Waals surface area contributed by atoms with Gasteiger partial charge in [0.15, 0.2) is 0 Å². The van der Waals surface area contributed by atoms with Gasteiger partial charge in [0.05, 0.1) is 25.6 Å². The molecule has 0 saturated carbocycles. The molecule has 0 aliphatic rings. The van der Waals surface area contributed by atoms with E-state index in [0.29, 0.717) is 0 Å². The van der Waals surface area contributed by atoms with Crippen LogP contribution in [0.4, 0.5) is 11.4 Å². The van der Waals surface area contributed by atoms with E-state index in [1.165, 1.54) is 0 Å². The second-order valence-electron chi connectivity index (χ2n) is 4.25. The van der Waals surface area contributed by atoms with Crippen LogP contribution in [0.5, 0.6) is 11.5 Å². The zero-order valence-corrected chi connectivity index (χ0v) is 11.8. The van der Waals surface area contributed by atoms with E-state index in [1.807, 2.05) is 48.5 Å². The fourth-order valence-electron chi connectivity index (χ4n) is 1.98. The van der Waals surface area contributed by atoms with Gasteiger partial charge in [-0.3, -0.25) is 0 Å². The zero-order valence-electron chi connectivity index (χ0n) is 11.8. The Labute approximate surface area is 119 Å². The standard InChI is InChI=1S/C16H20N2O2/c1-19-15-9-5-3-7-13(15)17-11-12-18-14-8-4-6-10-16(14)20-2/h3-10,17-18H,11-12H2,1-2H3. The van der Waals surface area contributed by atoms with Crippen molar-refractivity contribution in [3.8, 4) is 11.5 Å². The van der Waals surface area contributed by atoms with Crippen molar-refractivity contribution in [3.05, 3.63) is 48.5 Å². The van der Waals surface area contributed by atoms with E-state index in [-0.39, 0.29) is 0 Å². The number of anilines is 2. The van der Waals surface area contributed by atoms with Crippen LogP contribution in [0.1, 0.15) is 0 Å². The van der Waals surface area contributed by atoms with Gasteiger partial charge in [0.25, 0.3) is 0 Å². The fraction of sp³-hybridized carbons (Fsp3) is 0.250. The Kier molecular flexibility index (Phi) is 5.12. The van der Waals surface area contributed by atoms with Crippen molar-refractivity contribution in [2.45, 2.75) is 0 Å². The first-order valence-electron chi connectivity index (χ1n) is 6.59. The second-order valence-corrected chi connectivity index (χ2v) is 4.25. The topological polar surface area (TPSA) is 42.5 Å². The summed E-state index contributed by atoms with van der Waals surface area (Å²) in [5, 5.41) is 6.69. The van der Waals surface area contributed by atoms with Gasteiger partial charge in [0, 0.05) is 13.1 Å². The number of ether oxygens (including phenoxy) is 2. The molecule has 0 unspecified atom stereocenters. The van der Waals surface area contributed by atoms with Crippen molar-refractivity contribution < 1.29 is 9.47 Å². The molecular weight excluding hydrogens is 252 g/mol. The maximum absolute atomic E-state index is 5.29. The van der Waals surface area contributed by atoms with Gasteiger partial charge in [0.2, 0.25) is 0 Å². The van der Waals surface area contributed by atoms with Crippen LogP contribution in [0.3, 0.4) is 0 Å². The average molecular weight is 272 g/mol. The lowest BCUT2D eigenvalue weighted by molar-refractivity contribution is 0.416. The van der Waals surface area contributed by atoms with Gasteiger partial charge in [-0.2, -0.15) is 0 Å². The summed E-state index contributed by atoms with van der Waals surface area (Å²) in [7, 11) is 3.35. The van der Waals surface area contributed by atoms with Gasteiger partial charge in [-0.25, -0.2) is 0 Å². The van der Waals surface area contributed by atoms with E-state index in [9.17, 15) is 0 Å². The highest BCUT2D eigenvalue weighted by atomic mass is 16.5. The molecule has 20 heavy (non-hydrogen) atoms. The molecule has 106 valence electrons. The summed E-state index contributed by atoms with van der Waals surface area (Å²) in [5.41, 5.74) is 1.99. The lowest BCUT2D eigenvalue weighted by Crippen LogP contribution is -2.14. The third-order valence-electron chi connectivity index (χ3n) is 2.97. The summed E-state index contributed by atoms with van der Waals surface area (Å²) in [6, 6.07) is 15.8. The van der Waals surface area contributed by atoms with Crippen LogP contribution in [0.2, 0.25) is 0 Å². The molecule has 2 aromatic carbocycles. The summed E-state index contributed by atoms with van der Waals surface area (Å²) in [4.78, 5) is 0. The molecule has 2 rings (SSSR count). The van der Waals surface area contributed by atoms with Crippen LogP contribution in [-0.2, 0) is 0 Å². The molecule has 0 aliphatic heterocycles. The Morgan fingerprint density at radius 3 is 1.50 bits per heavy atom. The van der Waals surface area contributed by atoms with E-state index in [4.69, 9.17) is 9.47 Å². The van der Waals surface area contributed by atoms with Gasteiger partial charge < -0.3 is 20.1 Å². The van der Waals surface area contributed by atoms with Gasteiger partial charge >= 0.3 is 0 Å². The minimum Gasteiger partial charge on any atom is -0.495 e. The molecule has 0 amide bonds. The number of hydrogen-bond donors (Lipinski definition) is 2. The lowest BCUT2D eigenvalue weighted by Gasteiger charge is -2.13. The third-order valence-corrected chi connectivity index (χ3v) is 2.97. The van der Waals surface area contributed by atoms with Gasteiger partial charge in [-0.05, 0) is 24.3 Å². The minimum atomic E-state index is 0.790. The van der Waals surface area contributed by atoms with Crippen LogP contribution in [0.25, 0.3) is 0 Å². The first-order chi connectivity index (χ1) is 9.85. The number of methoxy groups -OCH3 is 2. The maximum Gasteiger partial charge on any atom is 0.141 e. The number of rotatable bonds is 7. The SMILES string of the molecule is COc1ccccc1NCCNc1ccccc1OC. The van der Waals surface area contributed by atoms with Crippen molar-refractivity contribution in [2.75, 3.05) is 37.9 Å². The monoisotopic (exact) mass is 272 g/mol. The van der Waals surface area contributed by atoms with Crippen LogP contribution < -0.4 is 20.1 Å². The summed E-state index contributed by atoms with van der Waals surface area (Å²) < 4.78 is 10.6. The Morgan fingerprint density at radius 1 is 0.700 bits per heavy atom. The van der Waals surface area contributed by atoms with E-state index < -0.39 is 0 Å². The van der Waals surface area contributed by atoms with Gasteiger partial charge in [-0.1, -0.05) is 24.3 Å². The number of benzene rings is 2. The fourth-order valence-corrected chi connectivity index (χ4v) is 1.98. The number of hydrogen-bond acceptors (Lipinski definition) is 4. The molecule has 0 aromatic heterocycles. The van der Waals surface area contributed by atoms with Gasteiger partial charge in [-0.15, -0.1) is 0 Å².